The molecule has 88 valence electrons. The van der Waals surface area contributed by atoms with Gasteiger partial charge in [0.25, 0.3) is 0 Å². The van der Waals surface area contributed by atoms with E-state index in [9.17, 15) is 4.79 Å². The molecule has 0 spiro atoms. The number of rotatable bonds is 3. The van der Waals surface area contributed by atoms with Gasteiger partial charge >= 0.3 is 5.97 Å². The third kappa shape index (κ3) is 2.98. The topological polar surface area (TPSA) is 81.0 Å². The quantitative estimate of drug-likeness (QED) is 0.818. The first kappa shape index (κ1) is 11.5. The van der Waals surface area contributed by atoms with E-state index in [0.29, 0.717) is 5.02 Å². The number of nitrogens with two attached hydrogens (primary N) is 1. The van der Waals surface area contributed by atoms with Crippen molar-refractivity contribution in [3.8, 4) is 0 Å². The van der Waals surface area contributed by atoms with Crippen LogP contribution >= 0.6 is 11.6 Å². The normalized spacial score (nSPS) is 10.2. The number of halogens is 1. The molecule has 0 unspecified atom stereocenters. The van der Waals surface area contributed by atoms with Gasteiger partial charge in [0.1, 0.15) is 18.1 Å². The lowest BCUT2D eigenvalue weighted by Gasteiger charge is -2.03. The highest BCUT2D eigenvalue weighted by atomic mass is 35.5. The number of hydrogen-bond donors (Lipinski definition) is 2. The number of aromatic nitrogens is 2. The summed E-state index contributed by atoms with van der Waals surface area (Å²) in [7, 11) is 0. The van der Waals surface area contributed by atoms with Crippen LogP contribution in [0.25, 0.3) is 0 Å². The molecule has 3 N–H and O–H groups in total. The summed E-state index contributed by atoms with van der Waals surface area (Å²) < 4.78 is 5.06. The smallest absolute Gasteiger partial charge is 0.356 e. The van der Waals surface area contributed by atoms with Crippen LogP contribution in [0.15, 0.2) is 30.3 Å². The minimum Gasteiger partial charge on any atom is -0.456 e. The van der Waals surface area contributed by atoms with Gasteiger partial charge in [-0.25, -0.2) is 4.79 Å². The first-order chi connectivity index (χ1) is 8.15. The molecular formula is C11H10ClN3O2. The molecule has 1 heterocycles. The van der Waals surface area contributed by atoms with Crippen molar-refractivity contribution < 1.29 is 9.53 Å². The number of esters is 1. The number of carbonyl (C=O) groups excluding carboxylic acids is 1. The van der Waals surface area contributed by atoms with Gasteiger partial charge in [0.05, 0.1) is 0 Å². The molecule has 0 saturated carbocycles. The van der Waals surface area contributed by atoms with Crippen molar-refractivity contribution in [3.63, 3.8) is 0 Å². The molecule has 5 nitrogen and oxygen atoms in total. The lowest BCUT2D eigenvalue weighted by atomic mass is 10.2. The van der Waals surface area contributed by atoms with Gasteiger partial charge in [-0.15, -0.1) is 0 Å². The molecule has 1 aromatic carbocycles. The number of nitrogens with one attached hydrogen (secondary N) is 1. The Morgan fingerprint density at radius 3 is 2.71 bits per heavy atom. The Morgan fingerprint density at radius 1 is 1.41 bits per heavy atom. The second-order valence-corrected chi connectivity index (χ2v) is 3.85. The Balaban J connectivity index is 1.94. The maximum Gasteiger partial charge on any atom is 0.356 e. The van der Waals surface area contributed by atoms with Gasteiger partial charge in [-0.3, -0.25) is 5.10 Å². The zero-order chi connectivity index (χ0) is 12.3. The Hall–Kier alpha value is -2.01. The van der Waals surface area contributed by atoms with Crippen LogP contribution in [-0.4, -0.2) is 16.2 Å². The van der Waals surface area contributed by atoms with Crippen molar-refractivity contribution in [1.82, 2.24) is 10.2 Å². The van der Waals surface area contributed by atoms with E-state index in [1.54, 1.807) is 24.3 Å². The van der Waals surface area contributed by atoms with Crippen LogP contribution in [0.2, 0.25) is 5.02 Å². The summed E-state index contributed by atoms with van der Waals surface area (Å²) >= 11 is 5.74. The molecule has 2 aromatic rings. The molecule has 17 heavy (non-hydrogen) atoms. The summed E-state index contributed by atoms with van der Waals surface area (Å²) in [5.74, 6) is -0.243. The fraction of sp³-hybridized carbons (Fsp3) is 0.0909. The van der Waals surface area contributed by atoms with E-state index in [-0.39, 0.29) is 18.1 Å². The first-order valence-electron chi connectivity index (χ1n) is 4.87. The van der Waals surface area contributed by atoms with Crippen LogP contribution in [0, 0.1) is 0 Å². The van der Waals surface area contributed by atoms with Crippen LogP contribution in [0.1, 0.15) is 16.1 Å². The van der Waals surface area contributed by atoms with E-state index in [2.05, 4.69) is 10.2 Å². The van der Waals surface area contributed by atoms with Crippen molar-refractivity contribution in [3.05, 3.63) is 46.6 Å². The van der Waals surface area contributed by atoms with Crippen molar-refractivity contribution in [2.24, 2.45) is 0 Å². The van der Waals surface area contributed by atoms with E-state index in [1.165, 1.54) is 6.07 Å². The third-order valence-electron chi connectivity index (χ3n) is 2.10. The maximum absolute atomic E-state index is 11.5. The van der Waals surface area contributed by atoms with Gasteiger partial charge < -0.3 is 10.5 Å². The average Bonchev–Trinajstić information content (AvgIpc) is 2.75. The van der Waals surface area contributed by atoms with Crippen molar-refractivity contribution in [2.75, 3.05) is 5.73 Å². The molecule has 0 bridgehead atoms. The number of nitrogen functional groups attached to an aromatic ring is 1. The van der Waals surface area contributed by atoms with Crippen molar-refractivity contribution >= 4 is 23.4 Å². The Bertz CT molecular complexity index is 522. The minimum absolute atomic E-state index is 0.176. The highest BCUT2D eigenvalue weighted by Gasteiger charge is 2.10. The second kappa shape index (κ2) is 4.88. The summed E-state index contributed by atoms with van der Waals surface area (Å²) in [6.45, 7) is 0.176. The van der Waals surface area contributed by atoms with Crippen LogP contribution in [-0.2, 0) is 11.3 Å². The Morgan fingerprint density at radius 2 is 2.12 bits per heavy atom. The van der Waals surface area contributed by atoms with E-state index >= 15 is 0 Å². The van der Waals surface area contributed by atoms with Crippen LogP contribution in [0.3, 0.4) is 0 Å². The molecule has 6 heteroatoms. The summed E-state index contributed by atoms with van der Waals surface area (Å²) in [5, 5.41) is 6.76. The standard InChI is InChI=1S/C11H10ClN3O2/c12-8-3-1-7(2-4-8)6-17-11(16)9-5-10(13)15-14-9/h1-5H,6H2,(H3,13,14,15). The highest BCUT2D eigenvalue weighted by molar-refractivity contribution is 6.30. The predicted molar refractivity (Wildman–Crippen MR) is 63.6 cm³/mol. The van der Waals surface area contributed by atoms with Crippen LogP contribution in [0.5, 0.6) is 0 Å². The number of carbonyl (C=O) groups is 1. The largest absolute Gasteiger partial charge is 0.456 e. The second-order valence-electron chi connectivity index (χ2n) is 3.41. The highest BCUT2D eigenvalue weighted by Crippen LogP contribution is 2.11. The Labute approximate surface area is 103 Å². The molecule has 0 saturated heterocycles. The van der Waals surface area contributed by atoms with Gasteiger partial charge in [-0.1, -0.05) is 23.7 Å². The van der Waals surface area contributed by atoms with Crippen molar-refractivity contribution in [1.29, 1.82) is 0 Å². The summed E-state index contributed by atoms with van der Waals surface area (Å²) in [5.41, 5.74) is 6.47. The number of ether oxygens (including phenoxy) is 1. The summed E-state index contributed by atoms with van der Waals surface area (Å²) in [6.07, 6.45) is 0. The third-order valence-corrected chi connectivity index (χ3v) is 2.35. The first-order valence-corrected chi connectivity index (χ1v) is 5.25. The molecule has 0 aliphatic carbocycles. The number of aromatic amines is 1. The predicted octanol–water partition coefficient (Wildman–Crippen LogP) is 2.00. The SMILES string of the molecule is Nc1cc(C(=O)OCc2ccc(Cl)cc2)[nH]n1. The minimum atomic E-state index is -0.496. The monoisotopic (exact) mass is 251 g/mol. The van der Waals surface area contributed by atoms with Gasteiger partial charge in [-0.05, 0) is 17.7 Å². The van der Waals surface area contributed by atoms with Gasteiger partial charge in [-0.2, -0.15) is 5.10 Å². The molecule has 0 fully saturated rings. The molecule has 0 radical (unpaired) electrons. The number of hydrogen-bond acceptors (Lipinski definition) is 4. The fourth-order valence-corrected chi connectivity index (χ4v) is 1.38. The molecular weight excluding hydrogens is 242 g/mol. The van der Waals surface area contributed by atoms with E-state index in [4.69, 9.17) is 22.1 Å². The molecule has 2 rings (SSSR count). The summed E-state index contributed by atoms with van der Waals surface area (Å²) in [6, 6.07) is 8.47. The molecule has 0 atom stereocenters. The number of H-pyrrole nitrogens is 1. The van der Waals surface area contributed by atoms with E-state index in [1.807, 2.05) is 0 Å². The zero-order valence-corrected chi connectivity index (χ0v) is 9.57. The lowest BCUT2D eigenvalue weighted by Crippen LogP contribution is -2.05. The molecule has 0 amide bonds. The fourth-order valence-electron chi connectivity index (χ4n) is 1.25. The number of benzene rings is 1. The zero-order valence-electron chi connectivity index (χ0n) is 8.81. The van der Waals surface area contributed by atoms with Gasteiger partial charge in [0.2, 0.25) is 0 Å². The van der Waals surface area contributed by atoms with Crippen molar-refractivity contribution in [2.45, 2.75) is 6.61 Å². The average molecular weight is 252 g/mol. The number of anilines is 1. The Kier molecular flexibility index (Phi) is 3.30. The van der Waals surface area contributed by atoms with Gasteiger partial charge in [0.15, 0.2) is 0 Å². The molecule has 0 aliphatic rings. The maximum atomic E-state index is 11.5. The van der Waals surface area contributed by atoms with Crippen LogP contribution < -0.4 is 5.73 Å². The summed E-state index contributed by atoms with van der Waals surface area (Å²) in [4.78, 5) is 11.5. The van der Waals surface area contributed by atoms with E-state index < -0.39 is 5.97 Å². The lowest BCUT2D eigenvalue weighted by molar-refractivity contribution is 0.0465. The van der Waals surface area contributed by atoms with Gasteiger partial charge in [0, 0.05) is 11.1 Å². The molecule has 1 aromatic heterocycles. The van der Waals surface area contributed by atoms with E-state index in [0.717, 1.165) is 5.56 Å². The number of nitrogens with zero attached hydrogens (tertiary/aromatic N) is 1. The molecule has 0 aliphatic heterocycles. The van der Waals surface area contributed by atoms with Crippen LogP contribution in [0.4, 0.5) is 5.82 Å².